The average Bonchev–Trinajstić information content (AvgIpc) is 2.45. The Balaban J connectivity index is 2.09. The first-order valence-corrected chi connectivity index (χ1v) is 6.37. The number of nitrogens with two attached hydrogens (primary N) is 1. The lowest BCUT2D eigenvalue weighted by Crippen LogP contribution is -1.95. The van der Waals surface area contributed by atoms with Crippen LogP contribution in [0, 0.1) is 5.82 Å². The maximum absolute atomic E-state index is 13.1. The van der Waals surface area contributed by atoms with Crippen LogP contribution in [0.15, 0.2) is 48.8 Å². The molecule has 0 radical (unpaired) electrons. The second-order valence-corrected chi connectivity index (χ2v) is 4.78. The molecule has 20 heavy (non-hydrogen) atoms. The van der Waals surface area contributed by atoms with E-state index in [9.17, 15) is 4.39 Å². The molecule has 1 aromatic heterocycles. The van der Waals surface area contributed by atoms with Crippen molar-refractivity contribution in [3.05, 3.63) is 59.6 Å². The van der Waals surface area contributed by atoms with E-state index in [-0.39, 0.29) is 5.82 Å². The molecule has 0 bridgehead atoms. The first-order chi connectivity index (χ1) is 9.65. The standard InChI is InChI=1S/C15H11ClFN3/c16-12-7-9(17)1-3-15(12)20-14-4-2-13(18)10-5-6-19-8-11(10)14/h1-8,20H,18H2. The van der Waals surface area contributed by atoms with Gasteiger partial charge in [-0.1, -0.05) is 11.6 Å². The van der Waals surface area contributed by atoms with E-state index in [1.807, 2.05) is 18.2 Å². The summed E-state index contributed by atoms with van der Waals surface area (Å²) in [5.41, 5.74) is 8.06. The second kappa shape index (κ2) is 4.98. The Morgan fingerprint density at radius 1 is 1.05 bits per heavy atom. The van der Waals surface area contributed by atoms with Gasteiger partial charge in [-0.15, -0.1) is 0 Å². The zero-order valence-electron chi connectivity index (χ0n) is 10.4. The number of hydrogen-bond acceptors (Lipinski definition) is 3. The summed E-state index contributed by atoms with van der Waals surface area (Å²) >= 11 is 6.02. The van der Waals surface area contributed by atoms with E-state index in [1.54, 1.807) is 18.5 Å². The largest absolute Gasteiger partial charge is 0.398 e. The van der Waals surface area contributed by atoms with Crippen LogP contribution in [0.3, 0.4) is 0 Å². The fraction of sp³-hybridized carbons (Fsp3) is 0. The van der Waals surface area contributed by atoms with Gasteiger partial charge in [0.05, 0.1) is 10.7 Å². The molecule has 0 unspecified atom stereocenters. The Bertz CT molecular complexity index is 789. The molecule has 0 saturated carbocycles. The number of benzene rings is 2. The highest BCUT2D eigenvalue weighted by molar-refractivity contribution is 6.33. The van der Waals surface area contributed by atoms with Crippen LogP contribution < -0.4 is 11.1 Å². The Morgan fingerprint density at radius 3 is 2.65 bits per heavy atom. The molecule has 0 amide bonds. The first-order valence-electron chi connectivity index (χ1n) is 5.99. The molecule has 5 heteroatoms. The van der Waals surface area contributed by atoms with Gasteiger partial charge in [0.15, 0.2) is 0 Å². The van der Waals surface area contributed by atoms with Crippen LogP contribution in [-0.2, 0) is 0 Å². The molecule has 0 aliphatic heterocycles. The lowest BCUT2D eigenvalue weighted by Gasteiger charge is -2.12. The van der Waals surface area contributed by atoms with Gasteiger partial charge in [0.1, 0.15) is 5.82 Å². The molecule has 3 aromatic rings. The van der Waals surface area contributed by atoms with E-state index in [4.69, 9.17) is 17.3 Å². The van der Waals surface area contributed by atoms with Crippen LogP contribution in [0.4, 0.5) is 21.5 Å². The van der Waals surface area contributed by atoms with E-state index >= 15 is 0 Å². The van der Waals surface area contributed by atoms with E-state index in [0.29, 0.717) is 16.4 Å². The summed E-state index contributed by atoms with van der Waals surface area (Å²) in [4.78, 5) is 4.10. The fourth-order valence-electron chi connectivity index (χ4n) is 2.06. The van der Waals surface area contributed by atoms with Crippen molar-refractivity contribution in [1.29, 1.82) is 0 Å². The highest BCUT2D eigenvalue weighted by Crippen LogP contribution is 2.32. The molecular formula is C15H11ClFN3. The monoisotopic (exact) mass is 287 g/mol. The van der Waals surface area contributed by atoms with Gasteiger partial charge in [-0.05, 0) is 36.4 Å². The van der Waals surface area contributed by atoms with Crippen LogP contribution in [0.25, 0.3) is 10.8 Å². The topological polar surface area (TPSA) is 50.9 Å². The lowest BCUT2D eigenvalue weighted by atomic mass is 10.1. The minimum atomic E-state index is -0.371. The molecule has 3 N–H and O–H groups in total. The second-order valence-electron chi connectivity index (χ2n) is 4.37. The predicted octanol–water partition coefficient (Wildman–Crippen LogP) is 4.35. The van der Waals surface area contributed by atoms with Crippen LogP contribution in [-0.4, -0.2) is 4.98 Å². The summed E-state index contributed by atoms with van der Waals surface area (Å²) in [6.07, 6.45) is 3.42. The van der Waals surface area contributed by atoms with Gasteiger partial charge in [-0.3, -0.25) is 4.98 Å². The number of fused-ring (bicyclic) bond motifs is 1. The molecule has 0 aliphatic rings. The molecule has 2 aromatic carbocycles. The van der Waals surface area contributed by atoms with Gasteiger partial charge in [0.2, 0.25) is 0 Å². The van der Waals surface area contributed by atoms with E-state index in [1.165, 1.54) is 12.1 Å². The fourth-order valence-corrected chi connectivity index (χ4v) is 2.27. The van der Waals surface area contributed by atoms with Crippen LogP contribution in [0.2, 0.25) is 5.02 Å². The van der Waals surface area contributed by atoms with Crippen LogP contribution in [0.5, 0.6) is 0 Å². The summed E-state index contributed by atoms with van der Waals surface area (Å²) in [5, 5.41) is 5.28. The van der Waals surface area contributed by atoms with Gasteiger partial charge in [0, 0.05) is 34.5 Å². The maximum atomic E-state index is 13.1. The molecule has 0 spiro atoms. The normalized spacial score (nSPS) is 10.7. The SMILES string of the molecule is Nc1ccc(Nc2ccc(F)cc2Cl)c2cnccc12. The van der Waals surface area contributed by atoms with Crippen molar-refractivity contribution in [2.75, 3.05) is 11.1 Å². The molecular weight excluding hydrogens is 277 g/mol. The van der Waals surface area contributed by atoms with E-state index in [0.717, 1.165) is 16.5 Å². The quantitative estimate of drug-likeness (QED) is 0.689. The summed E-state index contributed by atoms with van der Waals surface area (Å²) in [7, 11) is 0. The summed E-state index contributed by atoms with van der Waals surface area (Å²) in [6, 6.07) is 9.72. The number of hydrogen-bond donors (Lipinski definition) is 2. The molecule has 3 nitrogen and oxygen atoms in total. The Hall–Kier alpha value is -2.33. The van der Waals surface area contributed by atoms with Crippen molar-refractivity contribution in [3.8, 4) is 0 Å². The minimum absolute atomic E-state index is 0.318. The average molecular weight is 288 g/mol. The summed E-state index contributed by atoms with van der Waals surface area (Å²) in [5.74, 6) is -0.371. The van der Waals surface area contributed by atoms with Crippen molar-refractivity contribution in [1.82, 2.24) is 4.98 Å². The van der Waals surface area contributed by atoms with Crippen molar-refractivity contribution in [2.45, 2.75) is 0 Å². The van der Waals surface area contributed by atoms with E-state index in [2.05, 4.69) is 10.3 Å². The Morgan fingerprint density at radius 2 is 1.85 bits per heavy atom. The van der Waals surface area contributed by atoms with Gasteiger partial charge < -0.3 is 11.1 Å². The number of rotatable bonds is 2. The Kier molecular flexibility index (Phi) is 3.16. The Labute approximate surface area is 120 Å². The maximum Gasteiger partial charge on any atom is 0.124 e. The van der Waals surface area contributed by atoms with Gasteiger partial charge >= 0.3 is 0 Å². The van der Waals surface area contributed by atoms with E-state index < -0.39 is 0 Å². The summed E-state index contributed by atoms with van der Waals surface area (Å²) < 4.78 is 13.1. The molecule has 3 rings (SSSR count). The third kappa shape index (κ3) is 2.26. The molecule has 0 saturated heterocycles. The lowest BCUT2D eigenvalue weighted by molar-refractivity contribution is 0.628. The number of aromatic nitrogens is 1. The number of nitrogens with one attached hydrogen (secondary N) is 1. The van der Waals surface area contributed by atoms with Gasteiger partial charge in [-0.2, -0.15) is 0 Å². The third-order valence-electron chi connectivity index (χ3n) is 3.05. The number of halogens is 2. The molecule has 0 atom stereocenters. The zero-order chi connectivity index (χ0) is 14.1. The zero-order valence-corrected chi connectivity index (χ0v) is 11.2. The highest BCUT2D eigenvalue weighted by Gasteiger charge is 2.07. The summed E-state index contributed by atoms with van der Waals surface area (Å²) in [6.45, 7) is 0. The first kappa shape index (κ1) is 12.7. The minimum Gasteiger partial charge on any atom is -0.398 e. The highest BCUT2D eigenvalue weighted by atomic mass is 35.5. The van der Waals surface area contributed by atoms with Crippen LogP contribution in [0.1, 0.15) is 0 Å². The molecule has 0 aliphatic carbocycles. The van der Waals surface area contributed by atoms with Crippen molar-refractivity contribution < 1.29 is 4.39 Å². The van der Waals surface area contributed by atoms with Crippen molar-refractivity contribution >= 4 is 39.4 Å². The predicted molar refractivity (Wildman–Crippen MR) is 80.8 cm³/mol. The van der Waals surface area contributed by atoms with Crippen LogP contribution >= 0.6 is 11.6 Å². The van der Waals surface area contributed by atoms with Crippen molar-refractivity contribution in [3.63, 3.8) is 0 Å². The molecule has 100 valence electrons. The number of anilines is 3. The smallest absolute Gasteiger partial charge is 0.124 e. The van der Waals surface area contributed by atoms with Crippen molar-refractivity contribution in [2.24, 2.45) is 0 Å². The van der Waals surface area contributed by atoms with Gasteiger partial charge in [-0.25, -0.2) is 4.39 Å². The molecule has 0 fully saturated rings. The number of pyridine rings is 1. The molecule has 1 heterocycles. The van der Waals surface area contributed by atoms with Gasteiger partial charge in [0.25, 0.3) is 0 Å². The number of nitrogens with zero attached hydrogens (tertiary/aromatic N) is 1. The third-order valence-corrected chi connectivity index (χ3v) is 3.36. The number of nitrogen functional groups attached to an aromatic ring is 1.